The molecule has 80 valence electrons. The zero-order chi connectivity index (χ0) is 10.9. The van der Waals surface area contributed by atoms with Crippen molar-refractivity contribution in [2.75, 3.05) is 6.54 Å². The summed E-state index contributed by atoms with van der Waals surface area (Å²) in [6.45, 7) is 3.63. The van der Waals surface area contributed by atoms with Gasteiger partial charge in [-0.2, -0.15) is 5.26 Å². The van der Waals surface area contributed by atoms with E-state index in [-0.39, 0.29) is 0 Å². The lowest BCUT2D eigenvalue weighted by Gasteiger charge is -2.01. The van der Waals surface area contributed by atoms with Gasteiger partial charge in [-0.1, -0.05) is 19.4 Å². The Kier molecular flexibility index (Phi) is 7.07. The third-order valence-corrected chi connectivity index (χ3v) is 2.78. The van der Waals surface area contributed by atoms with Crippen molar-refractivity contribution in [1.82, 2.24) is 4.72 Å². The average molecular weight is 216 g/mol. The molecule has 0 rings (SSSR count). The summed E-state index contributed by atoms with van der Waals surface area (Å²) in [4.78, 5) is 0. The van der Waals surface area contributed by atoms with Crippen LogP contribution >= 0.6 is 0 Å². The third kappa shape index (κ3) is 7.77. The highest BCUT2D eigenvalue weighted by atomic mass is 32.2. The van der Waals surface area contributed by atoms with E-state index < -0.39 is 10.0 Å². The van der Waals surface area contributed by atoms with Crippen LogP contribution in [0.25, 0.3) is 0 Å². The summed E-state index contributed by atoms with van der Waals surface area (Å²) in [6, 6.07) is 2.07. The fourth-order valence-electron chi connectivity index (χ4n) is 0.956. The number of hydrogen-bond acceptors (Lipinski definition) is 3. The Hall–Kier alpha value is -0.860. The monoisotopic (exact) mass is 216 g/mol. The first-order valence-electron chi connectivity index (χ1n) is 4.61. The average Bonchev–Trinajstić information content (AvgIpc) is 2.16. The highest BCUT2D eigenvalue weighted by Crippen LogP contribution is 2.01. The van der Waals surface area contributed by atoms with Crippen molar-refractivity contribution in [3.8, 4) is 6.07 Å². The highest BCUT2D eigenvalue weighted by Gasteiger charge is 2.00. The number of sulfonamides is 1. The number of unbranched alkanes of at least 4 members (excludes halogenated alkanes) is 4. The lowest BCUT2D eigenvalue weighted by atomic mass is 10.1. The van der Waals surface area contributed by atoms with Gasteiger partial charge in [0, 0.05) is 18.4 Å². The van der Waals surface area contributed by atoms with E-state index in [0.717, 1.165) is 31.1 Å². The zero-order valence-electron chi connectivity index (χ0n) is 8.20. The maximum Gasteiger partial charge on any atom is 0.233 e. The van der Waals surface area contributed by atoms with Crippen LogP contribution in [0.5, 0.6) is 0 Å². The van der Waals surface area contributed by atoms with Crippen LogP contribution in [-0.2, 0) is 10.0 Å². The molecule has 0 aliphatic rings. The molecule has 0 amide bonds. The van der Waals surface area contributed by atoms with Gasteiger partial charge in [0.25, 0.3) is 0 Å². The van der Waals surface area contributed by atoms with Crippen LogP contribution in [0.3, 0.4) is 0 Å². The first-order chi connectivity index (χ1) is 6.62. The van der Waals surface area contributed by atoms with Crippen LogP contribution in [0.1, 0.15) is 32.1 Å². The van der Waals surface area contributed by atoms with Gasteiger partial charge in [-0.15, -0.1) is 0 Å². The molecular weight excluding hydrogens is 200 g/mol. The minimum Gasteiger partial charge on any atom is -0.212 e. The summed E-state index contributed by atoms with van der Waals surface area (Å²) in [6.07, 6.45) is 4.20. The molecular formula is C9H16N2O2S. The second kappa shape index (κ2) is 7.54. The molecule has 1 N–H and O–H groups in total. The van der Waals surface area contributed by atoms with Crippen LogP contribution in [-0.4, -0.2) is 15.0 Å². The van der Waals surface area contributed by atoms with Gasteiger partial charge in [0.05, 0.1) is 6.07 Å². The van der Waals surface area contributed by atoms with Crippen molar-refractivity contribution in [2.45, 2.75) is 32.1 Å². The van der Waals surface area contributed by atoms with Gasteiger partial charge in [-0.25, -0.2) is 13.1 Å². The molecule has 5 heteroatoms. The van der Waals surface area contributed by atoms with E-state index in [1.165, 1.54) is 0 Å². The van der Waals surface area contributed by atoms with E-state index in [4.69, 9.17) is 5.26 Å². The van der Waals surface area contributed by atoms with Crippen LogP contribution in [0.2, 0.25) is 0 Å². The zero-order valence-corrected chi connectivity index (χ0v) is 9.02. The minimum atomic E-state index is -3.26. The number of nitrogens with one attached hydrogen (secondary N) is 1. The summed E-state index contributed by atoms with van der Waals surface area (Å²) in [7, 11) is -3.26. The number of rotatable bonds is 8. The Balaban J connectivity index is 3.31. The Labute approximate surface area is 85.7 Å². The molecule has 0 unspecified atom stereocenters. The van der Waals surface area contributed by atoms with Crippen molar-refractivity contribution in [2.24, 2.45) is 0 Å². The molecule has 0 spiro atoms. The summed E-state index contributed by atoms with van der Waals surface area (Å²) in [5.74, 6) is 0. The smallest absolute Gasteiger partial charge is 0.212 e. The number of nitriles is 1. The second-order valence-corrected chi connectivity index (χ2v) is 4.64. The molecule has 0 aromatic carbocycles. The van der Waals surface area contributed by atoms with Gasteiger partial charge < -0.3 is 0 Å². The molecule has 0 heterocycles. The molecule has 0 aliphatic heterocycles. The maximum absolute atomic E-state index is 10.9. The van der Waals surface area contributed by atoms with E-state index in [0.29, 0.717) is 13.0 Å². The topological polar surface area (TPSA) is 70.0 Å². The molecule has 0 fully saturated rings. The summed E-state index contributed by atoms with van der Waals surface area (Å²) in [5, 5.41) is 9.16. The fourth-order valence-corrected chi connectivity index (χ4v) is 1.50. The van der Waals surface area contributed by atoms with Crippen LogP contribution in [0.15, 0.2) is 12.0 Å². The molecule has 0 aromatic heterocycles. The largest absolute Gasteiger partial charge is 0.233 e. The maximum atomic E-state index is 10.9. The molecule has 0 saturated heterocycles. The lowest BCUT2D eigenvalue weighted by Crippen LogP contribution is -2.21. The molecule has 0 aromatic rings. The predicted octanol–water partition coefficient (Wildman–Crippen LogP) is 1.52. The normalized spacial score (nSPS) is 10.8. The van der Waals surface area contributed by atoms with E-state index in [1.54, 1.807) is 0 Å². The van der Waals surface area contributed by atoms with Crippen molar-refractivity contribution in [3.05, 3.63) is 12.0 Å². The Morgan fingerprint density at radius 2 is 1.93 bits per heavy atom. The standard InChI is InChI=1S/C9H16N2O2S/c1-2-14(12,13)11-9-7-5-3-4-6-8-10/h2,11H,1,3-7,9H2. The third-order valence-electron chi connectivity index (χ3n) is 1.74. The molecule has 0 aliphatic carbocycles. The quantitative estimate of drug-likeness (QED) is 0.625. The summed E-state index contributed by atoms with van der Waals surface area (Å²) >= 11 is 0. The van der Waals surface area contributed by atoms with E-state index in [1.807, 2.05) is 0 Å². The molecule has 0 saturated carbocycles. The van der Waals surface area contributed by atoms with Gasteiger partial charge in [0.15, 0.2) is 0 Å². The molecule has 14 heavy (non-hydrogen) atoms. The van der Waals surface area contributed by atoms with Crippen molar-refractivity contribution < 1.29 is 8.42 Å². The van der Waals surface area contributed by atoms with Gasteiger partial charge in [-0.05, 0) is 12.8 Å². The van der Waals surface area contributed by atoms with Gasteiger partial charge >= 0.3 is 0 Å². The van der Waals surface area contributed by atoms with Crippen LogP contribution < -0.4 is 4.72 Å². The predicted molar refractivity (Wildman–Crippen MR) is 55.8 cm³/mol. The fraction of sp³-hybridized carbons (Fsp3) is 0.667. The van der Waals surface area contributed by atoms with E-state index in [2.05, 4.69) is 17.4 Å². The minimum absolute atomic E-state index is 0.445. The highest BCUT2D eigenvalue weighted by molar-refractivity contribution is 7.92. The molecule has 0 atom stereocenters. The summed E-state index contributed by atoms with van der Waals surface area (Å²) < 4.78 is 24.1. The van der Waals surface area contributed by atoms with Gasteiger partial charge in [0.1, 0.15) is 0 Å². The van der Waals surface area contributed by atoms with Gasteiger partial charge in [0.2, 0.25) is 10.0 Å². The van der Waals surface area contributed by atoms with Gasteiger partial charge in [-0.3, -0.25) is 0 Å². The number of hydrogen-bond donors (Lipinski definition) is 1. The Bertz CT molecular complexity index is 290. The van der Waals surface area contributed by atoms with Crippen molar-refractivity contribution in [1.29, 1.82) is 5.26 Å². The van der Waals surface area contributed by atoms with Crippen molar-refractivity contribution in [3.63, 3.8) is 0 Å². The molecule has 0 radical (unpaired) electrons. The first kappa shape index (κ1) is 13.1. The number of nitrogens with zero attached hydrogens (tertiary/aromatic N) is 1. The van der Waals surface area contributed by atoms with Crippen LogP contribution in [0.4, 0.5) is 0 Å². The lowest BCUT2D eigenvalue weighted by molar-refractivity contribution is 0.581. The van der Waals surface area contributed by atoms with Crippen LogP contribution in [0, 0.1) is 11.3 Å². The van der Waals surface area contributed by atoms with E-state index in [9.17, 15) is 8.42 Å². The SMILES string of the molecule is C=CS(=O)(=O)NCCCCCCC#N. The first-order valence-corrected chi connectivity index (χ1v) is 6.16. The Morgan fingerprint density at radius 1 is 1.29 bits per heavy atom. The molecule has 4 nitrogen and oxygen atoms in total. The Morgan fingerprint density at radius 3 is 2.50 bits per heavy atom. The second-order valence-electron chi connectivity index (χ2n) is 2.93. The van der Waals surface area contributed by atoms with E-state index >= 15 is 0 Å². The molecule has 0 bridgehead atoms. The van der Waals surface area contributed by atoms with Crippen molar-refractivity contribution >= 4 is 10.0 Å². The summed E-state index contributed by atoms with van der Waals surface area (Å²) in [5.41, 5.74) is 0.